The van der Waals surface area contributed by atoms with Gasteiger partial charge in [-0.3, -0.25) is 9.59 Å². The lowest BCUT2D eigenvalue weighted by molar-refractivity contribution is -0.146. The standard InChI is InChI=1S/C27H37N5O2/c1-20-28-22(18-23(29-20)30(4)5)27(3)12-9-15-32(19-27)25(34)26(2)13-16-31(17-14-26)24(33)21-10-7-6-8-11-21/h6-8,10-11,18H,9,12-17,19H2,1-5H3. The summed E-state index contributed by atoms with van der Waals surface area (Å²) >= 11 is 0. The summed E-state index contributed by atoms with van der Waals surface area (Å²) in [5.74, 6) is 1.92. The van der Waals surface area contributed by atoms with Crippen molar-refractivity contribution >= 4 is 17.6 Å². The molecule has 7 heteroatoms. The van der Waals surface area contributed by atoms with Crippen LogP contribution in [0, 0.1) is 12.3 Å². The number of carbonyl (C=O) groups is 2. The lowest BCUT2D eigenvalue weighted by Gasteiger charge is -2.46. The lowest BCUT2D eigenvalue weighted by Crippen LogP contribution is -2.54. The van der Waals surface area contributed by atoms with E-state index >= 15 is 0 Å². The van der Waals surface area contributed by atoms with E-state index in [1.165, 1.54) is 0 Å². The van der Waals surface area contributed by atoms with E-state index in [1.54, 1.807) is 0 Å². The topological polar surface area (TPSA) is 69.6 Å². The molecule has 0 radical (unpaired) electrons. The van der Waals surface area contributed by atoms with Crippen molar-refractivity contribution in [1.82, 2.24) is 19.8 Å². The summed E-state index contributed by atoms with van der Waals surface area (Å²) in [6.45, 7) is 8.88. The molecule has 1 unspecified atom stereocenters. The number of amides is 2. The molecule has 182 valence electrons. The van der Waals surface area contributed by atoms with E-state index in [9.17, 15) is 9.59 Å². The van der Waals surface area contributed by atoms with E-state index in [2.05, 4.69) is 24.9 Å². The van der Waals surface area contributed by atoms with Crippen LogP contribution in [0.1, 0.15) is 61.4 Å². The maximum atomic E-state index is 13.8. The van der Waals surface area contributed by atoms with Crippen molar-refractivity contribution in [2.45, 2.75) is 51.9 Å². The minimum Gasteiger partial charge on any atom is -0.363 e. The SMILES string of the molecule is Cc1nc(N(C)C)cc(C2(C)CCCN(C(=O)C3(C)CCN(C(=O)c4ccccc4)CC3)C2)n1. The molecule has 2 amide bonds. The molecule has 1 atom stereocenters. The van der Waals surface area contributed by atoms with Gasteiger partial charge in [0, 0.05) is 62.7 Å². The maximum Gasteiger partial charge on any atom is 0.253 e. The van der Waals surface area contributed by atoms with Crippen molar-refractivity contribution in [3.8, 4) is 0 Å². The van der Waals surface area contributed by atoms with Crippen LogP contribution in [0.25, 0.3) is 0 Å². The van der Waals surface area contributed by atoms with E-state index in [0.717, 1.165) is 36.7 Å². The van der Waals surface area contributed by atoms with Gasteiger partial charge < -0.3 is 14.7 Å². The van der Waals surface area contributed by atoms with Crippen LogP contribution in [0.5, 0.6) is 0 Å². The molecule has 1 aromatic carbocycles. The maximum absolute atomic E-state index is 13.8. The second kappa shape index (κ2) is 9.35. The highest BCUT2D eigenvalue weighted by Crippen LogP contribution is 2.38. The third-order valence-corrected chi connectivity index (χ3v) is 7.58. The Bertz CT molecular complexity index is 1050. The van der Waals surface area contributed by atoms with Crippen LogP contribution in [0.15, 0.2) is 36.4 Å². The third kappa shape index (κ3) is 4.79. The molecule has 3 heterocycles. The molecule has 0 N–H and O–H groups in total. The Labute approximate surface area is 203 Å². The Morgan fingerprint density at radius 3 is 2.26 bits per heavy atom. The van der Waals surface area contributed by atoms with Gasteiger partial charge in [0.1, 0.15) is 11.6 Å². The Morgan fingerprint density at radius 1 is 0.941 bits per heavy atom. The number of hydrogen-bond donors (Lipinski definition) is 0. The van der Waals surface area contributed by atoms with Crippen LogP contribution in [-0.2, 0) is 10.2 Å². The Kier molecular flexibility index (Phi) is 6.65. The highest BCUT2D eigenvalue weighted by molar-refractivity contribution is 5.94. The summed E-state index contributed by atoms with van der Waals surface area (Å²) in [5.41, 5.74) is 1.07. The van der Waals surface area contributed by atoms with Crippen molar-refractivity contribution in [2.75, 3.05) is 45.2 Å². The molecule has 4 rings (SSSR count). The summed E-state index contributed by atoms with van der Waals surface area (Å²) in [4.78, 5) is 41.9. The molecule has 2 aliphatic rings. The van der Waals surface area contributed by atoms with E-state index in [0.29, 0.717) is 38.0 Å². The van der Waals surface area contributed by atoms with Gasteiger partial charge in [-0.15, -0.1) is 0 Å². The first kappa shape index (κ1) is 24.2. The molecular weight excluding hydrogens is 426 g/mol. The number of anilines is 1. The number of carbonyl (C=O) groups excluding carboxylic acids is 2. The Morgan fingerprint density at radius 2 is 1.62 bits per heavy atom. The van der Waals surface area contributed by atoms with Gasteiger partial charge in [0.05, 0.1) is 5.69 Å². The van der Waals surface area contributed by atoms with E-state index < -0.39 is 5.41 Å². The number of benzene rings is 1. The van der Waals surface area contributed by atoms with Crippen LogP contribution in [0.3, 0.4) is 0 Å². The summed E-state index contributed by atoms with van der Waals surface area (Å²) in [6, 6.07) is 11.5. The summed E-state index contributed by atoms with van der Waals surface area (Å²) in [6.07, 6.45) is 3.33. The van der Waals surface area contributed by atoms with Crippen LogP contribution in [0.2, 0.25) is 0 Å². The van der Waals surface area contributed by atoms with Crippen molar-refractivity contribution in [3.63, 3.8) is 0 Å². The zero-order valence-corrected chi connectivity index (χ0v) is 21.2. The van der Waals surface area contributed by atoms with Gasteiger partial charge in [0.2, 0.25) is 5.91 Å². The Balaban J connectivity index is 1.45. The molecule has 2 fully saturated rings. The number of rotatable bonds is 4. The number of aromatic nitrogens is 2. The highest BCUT2D eigenvalue weighted by atomic mass is 16.2. The zero-order valence-electron chi connectivity index (χ0n) is 21.2. The van der Waals surface area contributed by atoms with Gasteiger partial charge in [-0.25, -0.2) is 9.97 Å². The van der Waals surface area contributed by atoms with Gasteiger partial charge in [0.25, 0.3) is 5.91 Å². The number of nitrogens with zero attached hydrogens (tertiary/aromatic N) is 5. The van der Waals surface area contributed by atoms with Gasteiger partial charge in [-0.2, -0.15) is 0 Å². The molecule has 1 aromatic heterocycles. The second-order valence-electron chi connectivity index (χ2n) is 10.7. The first-order valence-corrected chi connectivity index (χ1v) is 12.3. The van der Waals surface area contributed by atoms with Crippen molar-refractivity contribution in [3.05, 3.63) is 53.5 Å². The predicted octanol–water partition coefficient (Wildman–Crippen LogP) is 3.67. The molecule has 2 saturated heterocycles. The first-order chi connectivity index (χ1) is 16.1. The highest BCUT2D eigenvalue weighted by Gasteiger charge is 2.44. The van der Waals surface area contributed by atoms with Crippen LogP contribution in [0.4, 0.5) is 5.82 Å². The first-order valence-electron chi connectivity index (χ1n) is 12.3. The third-order valence-electron chi connectivity index (χ3n) is 7.58. The second-order valence-corrected chi connectivity index (χ2v) is 10.7. The molecule has 7 nitrogen and oxygen atoms in total. The van der Waals surface area contributed by atoms with Gasteiger partial charge in [-0.1, -0.05) is 32.0 Å². The smallest absolute Gasteiger partial charge is 0.253 e. The average molecular weight is 464 g/mol. The number of hydrogen-bond acceptors (Lipinski definition) is 5. The fourth-order valence-electron chi connectivity index (χ4n) is 5.27. The monoisotopic (exact) mass is 463 g/mol. The Hall–Kier alpha value is -2.96. The van der Waals surface area contributed by atoms with Gasteiger partial charge in [-0.05, 0) is 44.7 Å². The predicted molar refractivity (Wildman–Crippen MR) is 134 cm³/mol. The molecule has 0 bridgehead atoms. The van der Waals surface area contributed by atoms with E-state index in [-0.39, 0.29) is 17.2 Å². The number of aryl methyl sites for hydroxylation is 1. The van der Waals surface area contributed by atoms with Crippen LogP contribution < -0.4 is 4.90 Å². The lowest BCUT2D eigenvalue weighted by atomic mass is 9.75. The van der Waals surface area contributed by atoms with Crippen LogP contribution >= 0.6 is 0 Å². The number of likely N-dealkylation sites (tertiary alicyclic amines) is 2. The average Bonchev–Trinajstić information content (AvgIpc) is 2.84. The van der Waals surface area contributed by atoms with E-state index in [1.807, 2.05) is 66.1 Å². The molecule has 2 aromatic rings. The fraction of sp³-hybridized carbons (Fsp3) is 0.556. The molecule has 34 heavy (non-hydrogen) atoms. The van der Waals surface area contributed by atoms with Crippen molar-refractivity contribution in [1.29, 1.82) is 0 Å². The van der Waals surface area contributed by atoms with E-state index in [4.69, 9.17) is 4.98 Å². The van der Waals surface area contributed by atoms with Gasteiger partial charge in [0.15, 0.2) is 0 Å². The van der Waals surface area contributed by atoms with Crippen molar-refractivity contribution in [2.24, 2.45) is 5.41 Å². The molecule has 2 aliphatic heterocycles. The molecule has 0 saturated carbocycles. The normalized spacial score (nSPS) is 22.4. The molecule has 0 aliphatic carbocycles. The largest absolute Gasteiger partial charge is 0.363 e. The van der Waals surface area contributed by atoms with Gasteiger partial charge >= 0.3 is 0 Å². The quantitative estimate of drug-likeness (QED) is 0.692. The molecule has 0 spiro atoms. The zero-order chi connectivity index (χ0) is 24.5. The minimum absolute atomic E-state index is 0.0523. The molecular formula is C27H37N5O2. The number of piperidine rings is 2. The minimum atomic E-state index is -0.442. The van der Waals surface area contributed by atoms with Crippen LogP contribution in [-0.4, -0.2) is 71.9 Å². The fourth-order valence-corrected chi connectivity index (χ4v) is 5.27. The van der Waals surface area contributed by atoms with Crippen molar-refractivity contribution < 1.29 is 9.59 Å². The summed E-state index contributed by atoms with van der Waals surface area (Å²) in [5, 5.41) is 0. The summed E-state index contributed by atoms with van der Waals surface area (Å²) in [7, 11) is 3.97. The summed E-state index contributed by atoms with van der Waals surface area (Å²) < 4.78 is 0.